The number of carbonyl (C=O) groups is 1. The van der Waals surface area contributed by atoms with Crippen LogP contribution in [0, 0.1) is 5.41 Å². The van der Waals surface area contributed by atoms with Crippen molar-refractivity contribution < 1.29 is 9.53 Å². The van der Waals surface area contributed by atoms with E-state index in [-0.39, 0.29) is 29.3 Å². The van der Waals surface area contributed by atoms with Crippen LogP contribution in [-0.2, 0) is 9.53 Å². The van der Waals surface area contributed by atoms with Crippen molar-refractivity contribution in [2.24, 2.45) is 16.9 Å². The van der Waals surface area contributed by atoms with Crippen LogP contribution >= 0.6 is 12.4 Å². The second-order valence-corrected chi connectivity index (χ2v) is 3.67. The first-order valence-electron chi connectivity index (χ1n) is 3.77. The fourth-order valence-electron chi connectivity index (χ4n) is 2.13. The lowest BCUT2D eigenvalue weighted by molar-refractivity contribution is -0.131. The summed E-state index contributed by atoms with van der Waals surface area (Å²) in [4.78, 5) is 10.9. The molecular weight excluding hydrogens is 180 g/mol. The molecule has 0 spiro atoms. The van der Waals surface area contributed by atoms with Crippen molar-refractivity contribution in [3.05, 3.63) is 0 Å². The summed E-state index contributed by atoms with van der Waals surface area (Å²) in [6.45, 7) is 0.974. The smallest absolute Gasteiger partial charge is 0.226 e. The molecule has 4 N–H and O–H groups in total. The Hall–Kier alpha value is -0.320. The van der Waals surface area contributed by atoms with Gasteiger partial charge in [-0.05, 0) is 12.8 Å². The van der Waals surface area contributed by atoms with E-state index in [1.165, 1.54) is 0 Å². The van der Waals surface area contributed by atoms with Gasteiger partial charge in [0.05, 0.1) is 17.6 Å². The average molecular weight is 193 g/mol. The van der Waals surface area contributed by atoms with E-state index < -0.39 is 0 Å². The zero-order chi connectivity index (χ0) is 8.11. The van der Waals surface area contributed by atoms with Crippen molar-refractivity contribution in [1.29, 1.82) is 0 Å². The molecule has 3 fully saturated rings. The molecule has 0 aromatic heterocycles. The average Bonchev–Trinajstić information content (AvgIpc) is 2.39. The molecule has 2 saturated heterocycles. The van der Waals surface area contributed by atoms with Crippen LogP contribution in [0.3, 0.4) is 0 Å². The zero-order valence-corrected chi connectivity index (χ0v) is 7.52. The maximum atomic E-state index is 10.9. The van der Waals surface area contributed by atoms with Crippen molar-refractivity contribution in [1.82, 2.24) is 0 Å². The zero-order valence-electron chi connectivity index (χ0n) is 6.71. The lowest BCUT2D eigenvalue weighted by Crippen LogP contribution is -2.54. The van der Waals surface area contributed by atoms with E-state index in [0.29, 0.717) is 13.2 Å². The van der Waals surface area contributed by atoms with Crippen molar-refractivity contribution in [3.8, 4) is 0 Å². The first-order valence-corrected chi connectivity index (χ1v) is 3.77. The van der Waals surface area contributed by atoms with E-state index in [0.717, 1.165) is 12.8 Å². The molecule has 0 atom stereocenters. The highest BCUT2D eigenvalue weighted by atomic mass is 35.5. The highest BCUT2D eigenvalue weighted by Crippen LogP contribution is 2.56. The molecule has 1 amide bonds. The fourth-order valence-corrected chi connectivity index (χ4v) is 2.13. The summed E-state index contributed by atoms with van der Waals surface area (Å²) in [7, 11) is 0. The minimum absolute atomic E-state index is 0. The molecule has 0 aromatic rings. The molecule has 2 bridgehead atoms. The molecule has 1 saturated carbocycles. The standard InChI is InChI=1S/C7H12N2O2.ClH/c8-3-7-1-6(2-7,4-11-7)5(9)10;/h1-4,8H2,(H2,9,10);1H. The van der Waals surface area contributed by atoms with Gasteiger partial charge in [-0.2, -0.15) is 0 Å². The van der Waals surface area contributed by atoms with Gasteiger partial charge < -0.3 is 16.2 Å². The van der Waals surface area contributed by atoms with Gasteiger partial charge in [-0.3, -0.25) is 4.79 Å². The molecule has 0 radical (unpaired) electrons. The molecule has 4 nitrogen and oxygen atoms in total. The highest BCUT2D eigenvalue weighted by Gasteiger charge is 2.64. The molecule has 70 valence electrons. The number of halogens is 1. The molecule has 5 heteroatoms. The molecule has 0 unspecified atom stereocenters. The summed E-state index contributed by atoms with van der Waals surface area (Å²) in [5, 5.41) is 0. The number of rotatable bonds is 2. The Morgan fingerprint density at radius 3 is 2.33 bits per heavy atom. The molecule has 3 rings (SSSR count). The van der Waals surface area contributed by atoms with E-state index in [2.05, 4.69) is 0 Å². The van der Waals surface area contributed by atoms with E-state index in [1.54, 1.807) is 0 Å². The van der Waals surface area contributed by atoms with Crippen LogP contribution in [0.2, 0.25) is 0 Å². The minimum Gasteiger partial charge on any atom is -0.372 e. The first kappa shape index (κ1) is 9.77. The normalized spacial score (nSPS) is 43.1. The number of ether oxygens (including phenoxy) is 1. The topological polar surface area (TPSA) is 78.3 Å². The molecule has 3 aliphatic rings. The third-order valence-corrected chi connectivity index (χ3v) is 2.87. The van der Waals surface area contributed by atoms with E-state index in [1.807, 2.05) is 0 Å². The van der Waals surface area contributed by atoms with Gasteiger partial charge in [0.25, 0.3) is 0 Å². The van der Waals surface area contributed by atoms with Crippen LogP contribution in [0.5, 0.6) is 0 Å². The molecule has 2 aliphatic heterocycles. The molecule has 12 heavy (non-hydrogen) atoms. The number of primary amides is 1. The SMILES string of the molecule is Cl.NCC12CC(C(N)=O)(CO1)C2. The lowest BCUT2D eigenvalue weighted by atomic mass is 9.62. The van der Waals surface area contributed by atoms with Crippen LogP contribution in [0.1, 0.15) is 12.8 Å². The third kappa shape index (κ3) is 0.952. The Labute approximate surface area is 77.0 Å². The Balaban J connectivity index is 0.000000720. The maximum absolute atomic E-state index is 10.9. The van der Waals surface area contributed by atoms with Crippen molar-refractivity contribution in [3.63, 3.8) is 0 Å². The summed E-state index contributed by atoms with van der Waals surface area (Å²) in [6.07, 6.45) is 1.46. The van der Waals surface area contributed by atoms with Gasteiger partial charge >= 0.3 is 0 Å². The summed E-state index contributed by atoms with van der Waals surface area (Å²) in [5.41, 5.74) is 10.2. The van der Waals surface area contributed by atoms with Crippen LogP contribution in [-0.4, -0.2) is 24.7 Å². The minimum atomic E-state index is -0.362. The van der Waals surface area contributed by atoms with Crippen LogP contribution in [0.15, 0.2) is 0 Å². The van der Waals surface area contributed by atoms with Gasteiger partial charge in [-0.1, -0.05) is 0 Å². The van der Waals surface area contributed by atoms with Crippen molar-refractivity contribution in [2.75, 3.05) is 13.2 Å². The second kappa shape index (κ2) is 2.58. The van der Waals surface area contributed by atoms with Crippen LogP contribution in [0.25, 0.3) is 0 Å². The van der Waals surface area contributed by atoms with E-state index in [4.69, 9.17) is 16.2 Å². The van der Waals surface area contributed by atoms with Crippen molar-refractivity contribution in [2.45, 2.75) is 18.4 Å². The predicted molar refractivity (Wildman–Crippen MR) is 45.8 cm³/mol. The van der Waals surface area contributed by atoms with E-state index in [9.17, 15) is 4.79 Å². The van der Waals surface area contributed by atoms with Gasteiger partial charge in [0, 0.05) is 6.54 Å². The second-order valence-electron chi connectivity index (χ2n) is 3.67. The summed E-state index contributed by atoms with van der Waals surface area (Å²) in [5.74, 6) is -0.237. The summed E-state index contributed by atoms with van der Waals surface area (Å²) in [6, 6.07) is 0. The fraction of sp³-hybridized carbons (Fsp3) is 0.857. The van der Waals surface area contributed by atoms with Gasteiger partial charge in [0.2, 0.25) is 5.91 Å². The number of hydrogen-bond acceptors (Lipinski definition) is 3. The highest BCUT2D eigenvalue weighted by molar-refractivity contribution is 5.85. The predicted octanol–water partition coefficient (Wildman–Crippen LogP) is -0.599. The maximum Gasteiger partial charge on any atom is 0.226 e. The third-order valence-electron chi connectivity index (χ3n) is 2.87. The molecule has 2 heterocycles. The van der Waals surface area contributed by atoms with Gasteiger partial charge in [-0.15, -0.1) is 12.4 Å². The van der Waals surface area contributed by atoms with Crippen LogP contribution in [0.4, 0.5) is 0 Å². The van der Waals surface area contributed by atoms with Gasteiger partial charge in [0.15, 0.2) is 0 Å². The van der Waals surface area contributed by atoms with Crippen LogP contribution < -0.4 is 11.5 Å². The lowest BCUT2D eigenvalue weighted by Gasteiger charge is -2.41. The Kier molecular flexibility index (Phi) is 2.10. The summed E-state index contributed by atoms with van der Waals surface area (Å²) < 4.78 is 5.40. The van der Waals surface area contributed by atoms with Gasteiger partial charge in [-0.25, -0.2) is 0 Å². The van der Waals surface area contributed by atoms with E-state index >= 15 is 0 Å². The molecule has 1 aliphatic carbocycles. The van der Waals surface area contributed by atoms with Gasteiger partial charge in [0.1, 0.15) is 0 Å². The molecular formula is C7H13ClN2O2. The number of amides is 1. The Morgan fingerprint density at radius 2 is 2.08 bits per heavy atom. The molecule has 0 aromatic carbocycles. The quantitative estimate of drug-likeness (QED) is 0.614. The number of nitrogens with two attached hydrogens (primary N) is 2. The number of fused-ring (bicyclic) bond motifs is 1. The van der Waals surface area contributed by atoms with Crippen molar-refractivity contribution >= 4 is 18.3 Å². The number of carbonyl (C=O) groups excluding carboxylic acids is 1. The first-order chi connectivity index (χ1) is 5.13. The number of hydrogen-bond donors (Lipinski definition) is 2. The Morgan fingerprint density at radius 1 is 1.50 bits per heavy atom. The summed E-state index contributed by atoms with van der Waals surface area (Å²) >= 11 is 0. The monoisotopic (exact) mass is 192 g/mol. The Bertz CT molecular complexity index is 213. The largest absolute Gasteiger partial charge is 0.372 e.